The summed E-state index contributed by atoms with van der Waals surface area (Å²) >= 11 is 0. The first-order valence-corrected chi connectivity index (χ1v) is 11.9. The van der Waals surface area contributed by atoms with E-state index in [4.69, 9.17) is 4.99 Å². The van der Waals surface area contributed by atoms with Gasteiger partial charge < -0.3 is 15.5 Å². The molecule has 1 aromatic carbocycles. The number of benzene rings is 1. The fraction of sp³-hybridized carbons (Fsp3) is 0.667. The minimum absolute atomic E-state index is 0. The second-order valence-corrected chi connectivity index (χ2v) is 9.18. The highest BCUT2D eigenvalue weighted by molar-refractivity contribution is 14.0. The van der Waals surface area contributed by atoms with Crippen molar-refractivity contribution < 1.29 is 9.18 Å². The highest BCUT2D eigenvalue weighted by Gasteiger charge is 2.45. The third-order valence-electron chi connectivity index (χ3n) is 7.04. The lowest BCUT2D eigenvalue weighted by Gasteiger charge is -2.38. The van der Waals surface area contributed by atoms with Crippen molar-refractivity contribution in [1.29, 1.82) is 0 Å². The molecule has 6 nitrogen and oxygen atoms in total. The van der Waals surface area contributed by atoms with E-state index in [1.807, 2.05) is 12.1 Å². The Hall–Kier alpha value is -1.42. The number of aliphatic imine (C=N–C) groups is 1. The maximum Gasteiger partial charge on any atom is 0.225 e. The van der Waals surface area contributed by atoms with E-state index in [0.29, 0.717) is 18.4 Å². The molecular formula is C24H37FIN5O. The van der Waals surface area contributed by atoms with Crippen molar-refractivity contribution >= 4 is 35.8 Å². The van der Waals surface area contributed by atoms with Gasteiger partial charge in [-0.15, -0.1) is 24.0 Å². The molecule has 1 aliphatic heterocycles. The summed E-state index contributed by atoms with van der Waals surface area (Å²) in [7, 11) is 0. The standard InChI is InChI=1S/C24H36FN5O.HI/c1-2-26-23(28-18-24(10-11-24)20-8-3-4-9-21(20)25)27-12-13-29-14-16-30(17-15-29)22(31)19-6-5-7-19;/h3-4,8-9,19H,2,5-7,10-18H2,1H3,(H2,26,27,28);1H. The highest BCUT2D eigenvalue weighted by atomic mass is 127. The Morgan fingerprint density at radius 1 is 1.16 bits per heavy atom. The van der Waals surface area contributed by atoms with Crippen LogP contribution in [0.15, 0.2) is 29.3 Å². The van der Waals surface area contributed by atoms with Gasteiger partial charge in [0.05, 0.1) is 6.54 Å². The minimum Gasteiger partial charge on any atom is -0.357 e. The largest absolute Gasteiger partial charge is 0.357 e. The maximum atomic E-state index is 14.2. The summed E-state index contributed by atoms with van der Waals surface area (Å²) in [4.78, 5) is 21.6. The van der Waals surface area contributed by atoms with Crippen molar-refractivity contribution in [2.45, 2.75) is 44.4 Å². The van der Waals surface area contributed by atoms with E-state index in [-0.39, 0.29) is 35.2 Å². The minimum atomic E-state index is -0.142. The van der Waals surface area contributed by atoms with E-state index in [9.17, 15) is 9.18 Å². The quantitative estimate of drug-likeness (QED) is 0.293. The first-order valence-electron chi connectivity index (χ1n) is 11.9. The Morgan fingerprint density at radius 2 is 1.88 bits per heavy atom. The molecule has 0 unspecified atom stereocenters. The molecule has 32 heavy (non-hydrogen) atoms. The summed E-state index contributed by atoms with van der Waals surface area (Å²) < 4.78 is 14.2. The topological polar surface area (TPSA) is 60.0 Å². The molecule has 178 valence electrons. The van der Waals surface area contributed by atoms with Crippen molar-refractivity contribution in [1.82, 2.24) is 20.4 Å². The van der Waals surface area contributed by atoms with Gasteiger partial charge >= 0.3 is 0 Å². The zero-order valence-electron chi connectivity index (χ0n) is 19.1. The van der Waals surface area contributed by atoms with Gasteiger partial charge in [0, 0.05) is 57.1 Å². The predicted octanol–water partition coefficient (Wildman–Crippen LogP) is 2.97. The molecule has 0 bridgehead atoms. The van der Waals surface area contributed by atoms with Crippen LogP contribution in [0.25, 0.3) is 0 Å². The van der Waals surface area contributed by atoms with Gasteiger partial charge in [0.25, 0.3) is 0 Å². The normalized spacial score (nSPS) is 20.8. The molecule has 3 aliphatic rings. The van der Waals surface area contributed by atoms with Gasteiger partial charge in [-0.2, -0.15) is 0 Å². The number of hydrogen-bond donors (Lipinski definition) is 2. The van der Waals surface area contributed by atoms with Crippen LogP contribution in [0.2, 0.25) is 0 Å². The van der Waals surface area contributed by atoms with Crippen molar-refractivity contribution in [3.05, 3.63) is 35.6 Å². The molecule has 2 aliphatic carbocycles. The van der Waals surface area contributed by atoms with Crippen molar-refractivity contribution in [2.24, 2.45) is 10.9 Å². The lowest BCUT2D eigenvalue weighted by Crippen LogP contribution is -2.52. The summed E-state index contributed by atoms with van der Waals surface area (Å²) in [5.41, 5.74) is 0.653. The van der Waals surface area contributed by atoms with E-state index < -0.39 is 0 Å². The Balaban J connectivity index is 0.00000289. The molecule has 0 aromatic heterocycles. The molecule has 1 aromatic rings. The summed E-state index contributed by atoms with van der Waals surface area (Å²) in [6.07, 6.45) is 5.34. The van der Waals surface area contributed by atoms with Crippen LogP contribution in [0.5, 0.6) is 0 Å². The zero-order valence-corrected chi connectivity index (χ0v) is 21.4. The first-order chi connectivity index (χ1) is 15.1. The van der Waals surface area contributed by atoms with Crippen LogP contribution in [0, 0.1) is 11.7 Å². The second kappa shape index (κ2) is 11.6. The molecule has 1 heterocycles. The number of carbonyl (C=O) groups excluding carboxylic acids is 1. The predicted molar refractivity (Wildman–Crippen MR) is 137 cm³/mol. The van der Waals surface area contributed by atoms with Crippen molar-refractivity contribution in [3.63, 3.8) is 0 Å². The molecule has 1 amide bonds. The molecular weight excluding hydrogens is 520 g/mol. The molecule has 0 atom stereocenters. The molecule has 8 heteroatoms. The van der Waals surface area contributed by atoms with E-state index >= 15 is 0 Å². The fourth-order valence-corrected chi connectivity index (χ4v) is 4.56. The Kier molecular flexibility index (Phi) is 9.16. The number of piperazine rings is 1. The van der Waals surface area contributed by atoms with Gasteiger partial charge in [0.15, 0.2) is 5.96 Å². The monoisotopic (exact) mass is 557 g/mol. The number of rotatable bonds is 8. The maximum absolute atomic E-state index is 14.2. The van der Waals surface area contributed by atoms with Gasteiger partial charge in [-0.3, -0.25) is 14.7 Å². The second-order valence-electron chi connectivity index (χ2n) is 9.18. The number of nitrogens with one attached hydrogen (secondary N) is 2. The van der Waals surface area contributed by atoms with Crippen molar-refractivity contribution in [2.75, 3.05) is 52.4 Å². The van der Waals surface area contributed by atoms with Gasteiger partial charge in [0.2, 0.25) is 5.91 Å². The van der Waals surface area contributed by atoms with E-state index in [0.717, 1.165) is 83.0 Å². The third kappa shape index (κ3) is 6.12. The van der Waals surface area contributed by atoms with Gasteiger partial charge in [0.1, 0.15) is 5.82 Å². The molecule has 2 N–H and O–H groups in total. The molecule has 0 spiro atoms. The average Bonchev–Trinajstić information content (AvgIpc) is 3.52. The highest BCUT2D eigenvalue weighted by Crippen LogP contribution is 2.49. The van der Waals surface area contributed by atoms with Crippen LogP contribution >= 0.6 is 24.0 Å². The third-order valence-corrected chi connectivity index (χ3v) is 7.04. The van der Waals surface area contributed by atoms with Crippen LogP contribution < -0.4 is 10.6 Å². The number of amides is 1. The van der Waals surface area contributed by atoms with Crippen molar-refractivity contribution in [3.8, 4) is 0 Å². The summed E-state index contributed by atoms with van der Waals surface area (Å²) in [6, 6.07) is 7.09. The summed E-state index contributed by atoms with van der Waals surface area (Å²) in [5, 5.41) is 6.74. The smallest absolute Gasteiger partial charge is 0.225 e. The van der Waals surface area contributed by atoms with Crippen LogP contribution in [-0.2, 0) is 10.2 Å². The van der Waals surface area contributed by atoms with Crippen LogP contribution in [-0.4, -0.2) is 74.0 Å². The number of guanidine groups is 1. The Bertz CT molecular complexity index is 788. The first kappa shape index (κ1) is 25.2. The number of halogens is 2. The number of hydrogen-bond acceptors (Lipinski definition) is 3. The van der Waals surface area contributed by atoms with Gasteiger partial charge in [-0.25, -0.2) is 4.39 Å². The summed E-state index contributed by atoms with van der Waals surface area (Å²) in [5.74, 6) is 1.34. The molecule has 4 rings (SSSR count). The molecule has 1 saturated heterocycles. The number of carbonyl (C=O) groups is 1. The van der Waals surface area contributed by atoms with Gasteiger partial charge in [-0.1, -0.05) is 24.6 Å². The lowest BCUT2D eigenvalue weighted by atomic mass is 9.84. The molecule has 3 fully saturated rings. The fourth-order valence-electron chi connectivity index (χ4n) is 4.56. The van der Waals surface area contributed by atoms with Crippen LogP contribution in [0.4, 0.5) is 4.39 Å². The molecule has 2 saturated carbocycles. The average molecular weight is 557 g/mol. The summed E-state index contributed by atoms with van der Waals surface area (Å²) in [6.45, 7) is 8.73. The number of nitrogens with zero attached hydrogens (tertiary/aromatic N) is 3. The van der Waals surface area contributed by atoms with E-state index in [1.165, 1.54) is 6.42 Å². The van der Waals surface area contributed by atoms with Crippen LogP contribution in [0.3, 0.4) is 0 Å². The zero-order chi connectivity index (χ0) is 21.7. The Morgan fingerprint density at radius 3 is 2.47 bits per heavy atom. The SMILES string of the molecule is CCNC(=NCC1(c2ccccc2F)CC1)NCCN1CCN(C(=O)C2CCC2)CC1.I. The molecule has 0 radical (unpaired) electrons. The van der Waals surface area contributed by atoms with E-state index in [1.54, 1.807) is 12.1 Å². The van der Waals surface area contributed by atoms with Gasteiger partial charge in [-0.05, 0) is 44.2 Å². The van der Waals surface area contributed by atoms with E-state index in [2.05, 4.69) is 27.4 Å². The Labute approximate surface area is 208 Å². The van der Waals surface area contributed by atoms with Crippen LogP contribution in [0.1, 0.15) is 44.6 Å². The lowest BCUT2D eigenvalue weighted by molar-refractivity contribution is -0.139.